The van der Waals surface area contributed by atoms with Crippen molar-refractivity contribution < 1.29 is 14.7 Å². The van der Waals surface area contributed by atoms with E-state index in [4.69, 9.17) is 5.11 Å². The number of hydrogen-bond acceptors (Lipinski definition) is 2. The zero-order valence-electron chi connectivity index (χ0n) is 10.3. The van der Waals surface area contributed by atoms with Gasteiger partial charge in [-0.3, -0.25) is 9.59 Å². The van der Waals surface area contributed by atoms with Crippen LogP contribution in [0.3, 0.4) is 0 Å². The Morgan fingerprint density at radius 3 is 2.39 bits per heavy atom. The summed E-state index contributed by atoms with van der Waals surface area (Å²) in [7, 11) is 0. The molecular weight excluding hydrogens is 230 g/mol. The topological polar surface area (TPSA) is 66.4 Å². The maximum Gasteiger partial charge on any atom is 0.308 e. The SMILES string of the molecule is CC(CNC(=O)C1Cc2ccccc2C1)C(=O)O. The molecule has 1 unspecified atom stereocenters. The minimum atomic E-state index is -0.884. The van der Waals surface area contributed by atoms with Gasteiger partial charge in [0.25, 0.3) is 0 Å². The van der Waals surface area contributed by atoms with Crippen molar-refractivity contribution in [3.05, 3.63) is 35.4 Å². The van der Waals surface area contributed by atoms with Gasteiger partial charge in [-0.2, -0.15) is 0 Å². The molecule has 2 N–H and O–H groups in total. The molecule has 0 aliphatic heterocycles. The van der Waals surface area contributed by atoms with Crippen LogP contribution in [0, 0.1) is 11.8 Å². The van der Waals surface area contributed by atoms with E-state index in [1.54, 1.807) is 6.92 Å². The van der Waals surface area contributed by atoms with E-state index in [9.17, 15) is 9.59 Å². The third-order valence-electron chi connectivity index (χ3n) is 3.43. The third-order valence-corrected chi connectivity index (χ3v) is 3.43. The van der Waals surface area contributed by atoms with E-state index in [1.807, 2.05) is 24.3 Å². The number of carboxylic acids is 1. The molecule has 1 atom stereocenters. The predicted molar refractivity (Wildman–Crippen MR) is 67.1 cm³/mol. The molecule has 1 aromatic carbocycles. The number of hydrogen-bond donors (Lipinski definition) is 2. The lowest BCUT2D eigenvalue weighted by atomic mass is 10.1. The van der Waals surface area contributed by atoms with Gasteiger partial charge in [0.1, 0.15) is 0 Å². The summed E-state index contributed by atoms with van der Waals surface area (Å²) >= 11 is 0. The monoisotopic (exact) mass is 247 g/mol. The van der Waals surface area contributed by atoms with Crippen molar-refractivity contribution in [3.8, 4) is 0 Å². The van der Waals surface area contributed by atoms with Gasteiger partial charge < -0.3 is 10.4 Å². The zero-order valence-corrected chi connectivity index (χ0v) is 10.3. The minimum Gasteiger partial charge on any atom is -0.481 e. The number of aliphatic carboxylic acids is 1. The van der Waals surface area contributed by atoms with E-state index in [0.29, 0.717) is 0 Å². The normalized spacial score (nSPS) is 16.1. The van der Waals surface area contributed by atoms with Crippen LogP contribution in [0.4, 0.5) is 0 Å². The highest BCUT2D eigenvalue weighted by atomic mass is 16.4. The van der Waals surface area contributed by atoms with E-state index >= 15 is 0 Å². The van der Waals surface area contributed by atoms with E-state index in [2.05, 4.69) is 5.32 Å². The summed E-state index contributed by atoms with van der Waals surface area (Å²) in [6, 6.07) is 8.04. The number of amides is 1. The number of carbonyl (C=O) groups is 2. The highest BCUT2D eigenvalue weighted by molar-refractivity contribution is 5.81. The fourth-order valence-electron chi connectivity index (χ4n) is 2.23. The smallest absolute Gasteiger partial charge is 0.308 e. The minimum absolute atomic E-state index is 0.0423. The quantitative estimate of drug-likeness (QED) is 0.841. The molecule has 1 aliphatic rings. The van der Waals surface area contributed by atoms with Crippen molar-refractivity contribution in [3.63, 3.8) is 0 Å². The zero-order chi connectivity index (χ0) is 13.1. The number of nitrogens with one attached hydrogen (secondary N) is 1. The Morgan fingerprint density at radius 2 is 1.89 bits per heavy atom. The van der Waals surface area contributed by atoms with Crippen LogP contribution >= 0.6 is 0 Å². The Balaban J connectivity index is 1.88. The van der Waals surface area contributed by atoms with Crippen LogP contribution in [0.1, 0.15) is 18.1 Å². The Bertz CT molecular complexity index is 445. The van der Waals surface area contributed by atoms with Crippen LogP contribution in [0.15, 0.2) is 24.3 Å². The number of rotatable bonds is 4. The Hall–Kier alpha value is -1.84. The number of fused-ring (bicyclic) bond motifs is 1. The highest BCUT2D eigenvalue weighted by Gasteiger charge is 2.27. The Labute approximate surface area is 106 Å². The first-order valence-electron chi connectivity index (χ1n) is 6.15. The summed E-state index contributed by atoms with van der Waals surface area (Å²) in [6.45, 7) is 1.78. The summed E-state index contributed by atoms with van der Waals surface area (Å²) in [4.78, 5) is 22.6. The van der Waals surface area contributed by atoms with Crippen molar-refractivity contribution in [2.24, 2.45) is 11.8 Å². The summed E-state index contributed by atoms with van der Waals surface area (Å²) < 4.78 is 0. The average Bonchev–Trinajstić information content (AvgIpc) is 2.79. The van der Waals surface area contributed by atoms with Gasteiger partial charge in [-0.05, 0) is 24.0 Å². The molecule has 4 nitrogen and oxygen atoms in total. The molecule has 0 heterocycles. The van der Waals surface area contributed by atoms with E-state index in [1.165, 1.54) is 11.1 Å². The maximum absolute atomic E-state index is 11.9. The highest BCUT2D eigenvalue weighted by Crippen LogP contribution is 2.26. The van der Waals surface area contributed by atoms with Gasteiger partial charge in [-0.25, -0.2) is 0 Å². The first-order valence-corrected chi connectivity index (χ1v) is 6.15. The molecule has 18 heavy (non-hydrogen) atoms. The molecule has 1 amide bonds. The van der Waals surface area contributed by atoms with Crippen LogP contribution in [0.25, 0.3) is 0 Å². The molecule has 0 radical (unpaired) electrons. The van der Waals surface area contributed by atoms with Gasteiger partial charge >= 0.3 is 5.97 Å². The fraction of sp³-hybridized carbons (Fsp3) is 0.429. The fourth-order valence-corrected chi connectivity index (χ4v) is 2.23. The van der Waals surface area contributed by atoms with Crippen LogP contribution in [0.2, 0.25) is 0 Å². The van der Waals surface area contributed by atoms with Gasteiger partial charge in [0.2, 0.25) is 5.91 Å². The van der Waals surface area contributed by atoms with Crippen molar-refractivity contribution in [2.45, 2.75) is 19.8 Å². The third kappa shape index (κ3) is 2.70. The van der Waals surface area contributed by atoms with Gasteiger partial charge in [-0.1, -0.05) is 31.2 Å². The molecule has 96 valence electrons. The molecule has 1 aromatic rings. The maximum atomic E-state index is 11.9. The molecule has 0 saturated heterocycles. The van der Waals surface area contributed by atoms with Gasteiger partial charge in [0.15, 0.2) is 0 Å². The molecule has 1 aliphatic carbocycles. The number of benzene rings is 1. The molecule has 0 bridgehead atoms. The van der Waals surface area contributed by atoms with Crippen LogP contribution in [-0.2, 0) is 22.4 Å². The second-order valence-corrected chi connectivity index (χ2v) is 4.86. The average molecular weight is 247 g/mol. The Morgan fingerprint density at radius 1 is 1.33 bits per heavy atom. The van der Waals surface area contributed by atoms with Gasteiger partial charge in [0.05, 0.1) is 5.92 Å². The largest absolute Gasteiger partial charge is 0.481 e. The molecule has 2 rings (SSSR count). The summed E-state index contributed by atoms with van der Waals surface area (Å²) in [5.41, 5.74) is 2.45. The standard InChI is InChI=1S/C14H17NO3/c1-9(14(17)18)8-15-13(16)12-6-10-4-2-3-5-11(10)7-12/h2-5,9,12H,6-8H2,1H3,(H,15,16)(H,17,18). The van der Waals surface area contributed by atoms with Crippen molar-refractivity contribution in [2.75, 3.05) is 6.54 Å². The second kappa shape index (κ2) is 5.21. The first kappa shape index (κ1) is 12.6. The van der Waals surface area contributed by atoms with Crippen molar-refractivity contribution >= 4 is 11.9 Å². The molecule has 0 spiro atoms. The lowest BCUT2D eigenvalue weighted by Crippen LogP contribution is -2.36. The Kier molecular flexibility index (Phi) is 3.65. The predicted octanol–water partition coefficient (Wildman–Crippen LogP) is 1.24. The van der Waals surface area contributed by atoms with E-state index in [-0.39, 0.29) is 18.4 Å². The van der Waals surface area contributed by atoms with Crippen LogP contribution in [-0.4, -0.2) is 23.5 Å². The van der Waals surface area contributed by atoms with Crippen molar-refractivity contribution in [1.82, 2.24) is 5.32 Å². The molecule has 0 fully saturated rings. The lowest BCUT2D eigenvalue weighted by molar-refractivity contribution is -0.141. The molecule has 0 saturated carbocycles. The molecule has 4 heteroatoms. The van der Waals surface area contributed by atoms with Gasteiger partial charge in [-0.15, -0.1) is 0 Å². The number of carbonyl (C=O) groups excluding carboxylic acids is 1. The van der Waals surface area contributed by atoms with E-state index < -0.39 is 11.9 Å². The van der Waals surface area contributed by atoms with Gasteiger partial charge in [0, 0.05) is 12.5 Å². The summed E-state index contributed by atoms with van der Waals surface area (Å²) in [5, 5.41) is 11.5. The van der Waals surface area contributed by atoms with Crippen molar-refractivity contribution in [1.29, 1.82) is 0 Å². The summed E-state index contributed by atoms with van der Waals surface area (Å²) in [5.74, 6) is -1.52. The first-order chi connectivity index (χ1) is 8.58. The lowest BCUT2D eigenvalue weighted by Gasteiger charge is -2.12. The summed E-state index contributed by atoms with van der Waals surface area (Å²) in [6.07, 6.45) is 1.51. The van der Waals surface area contributed by atoms with Crippen LogP contribution in [0.5, 0.6) is 0 Å². The molecule has 0 aromatic heterocycles. The second-order valence-electron chi connectivity index (χ2n) is 4.86. The van der Waals surface area contributed by atoms with Crippen LogP contribution < -0.4 is 5.32 Å². The molecular formula is C14H17NO3. The van der Waals surface area contributed by atoms with E-state index in [0.717, 1.165) is 12.8 Å². The number of carboxylic acid groups (broad SMARTS) is 1.